The minimum absolute atomic E-state index is 0.426. The molecule has 4 nitrogen and oxygen atoms in total. The first kappa shape index (κ1) is 13.5. The summed E-state index contributed by atoms with van der Waals surface area (Å²) in [5.74, 6) is -0.572. The van der Waals surface area contributed by atoms with Crippen molar-refractivity contribution in [2.75, 3.05) is 6.61 Å². The van der Waals surface area contributed by atoms with E-state index < -0.39 is 12.1 Å². The second-order valence-corrected chi connectivity index (χ2v) is 3.04. The molecule has 0 aromatic heterocycles. The van der Waals surface area contributed by atoms with Crippen LogP contribution in [0.1, 0.15) is 26.7 Å². The Balaban J connectivity index is 3.58. The summed E-state index contributed by atoms with van der Waals surface area (Å²) < 4.78 is 10.1. The summed E-state index contributed by atoms with van der Waals surface area (Å²) in [6, 6.07) is 0. The fourth-order valence-corrected chi connectivity index (χ4v) is 0.764. The monoisotopic (exact) mass is 214 g/mol. The van der Waals surface area contributed by atoms with E-state index in [-0.39, 0.29) is 0 Å². The Kier molecular flexibility index (Phi) is 7.14. The molecule has 0 amide bonds. The van der Waals surface area contributed by atoms with E-state index in [1.165, 1.54) is 6.92 Å². The van der Waals surface area contributed by atoms with Gasteiger partial charge in [0.15, 0.2) is 6.10 Å². The molecule has 0 saturated heterocycles. The van der Waals surface area contributed by atoms with Crippen LogP contribution in [0.15, 0.2) is 24.7 Å². The number of carboxylic acid groups (broad SMARTS) is 1. The van der Waals surface area contributed by atoms with Crippen LogP contribution in [0.3, 0.4) is 0 Å². The van der Waals surface area contributed by atoms with Gasteiger partial charge in [0, 0.05) is 6.42 Å². The maximum atomic E-state index is 10.4. The lowest BCUT2D eigenvalue weighted by Crippen LogP contribution is -2.19. The average Bonchev–Trinajstić information content (AvgIpc) is 2.17. The van der Waals surface area contributed by atoms with Gasteiger partial charge in [0.2, 0.25) is 0 Å². The summed E-state index contributed by atoms with van der Waals surface area (Å²) in [7, 11) is 0. The molecular formula is C11H18O4. The Hall–Kier alpha value is -1.45. The zero-order valence-corrected chi connectivity index (χ0v) is 9.23. The van der Waals surface area contributed by atoms with E-state index in [0.29, 0.717) is 18.8 Å². The van der Waals surface area contributed by atoms with Crippen molar-refractivity contribution in [3.63, 3.8) is 0 Å². The van der Waals surface area contributed by atoms with E-state index in [1.807, 2.05) is 13.0 Å². The second kappa shape index (κ2) is 7.91. The minimum Gasteiger partial charge on any atom is -0.501 e. The SMILES string of the molecule is C=C(CCO/C=C/CC)OC(C)C(=O)O. The highest BCUT2D eigenvalue weighted by Crippen LogP contribution is 2.05. The molecule has 0 aliphatic rings. The number of hydrogen-bond donors (Lipinski definition) is 1. The number of carbonyl (C=O) groups is 1. The number of ether oxygens (including phenoxy) is 2. The zero-order chi connectivity index (χ0) is 11.7. The van der Waals surface area contributed by atoms with E-state index in [0.717, 1.165) is 6.42 Å². The standard InChI is InChI=1S/C11H18O4/c1-4-5-7-14-8-6-9(2)15-10(3)11(12)13/h5,7,10H,2,4,6,8H2,1,3H3,(H,12,13)/b7-5+. The maximum absolute atomic E-state index is 10.4. The van der Waals surface area contributed by atoms with Crippen molar-refractivity contribution in [1.82, 2.24) is 0 Å². The number of rotatable bonds is 8. The van der Waals surface area contributed by atoms with E-state index in [9.17, 15) is 4.79 Å². The lowest BCUT2D eigenvalue weighted by molar-refractivity contribution is -0.146. The highest BCUT2D eigenvalue weighted by molar-refractivity contribution is 5.71. The molecule has 0 radical (unpaired) electrons. The van der Waals surface area contributed by atoms with Crippen molar-refractivity contribution in [2.45, 2.75) is 32.8 Å². The van der Waals surface area contributed by atoms with Gasteiger partial charge >= 0.3 is 5.97 Å². The largest absolute Gasteiger partial charge is 0.501 e. The zero-order valence-electron chi connectivity index (χ0n) is 9.23. The summed E-state index contributed by atoms with van der Waals surface area (Å²) in [6.45, 7) is 7.53. The Morgan fingerprint density at radius 3 is 2.80 bits per heavy atom. The molecule has 1 atom stereocenters. The summed E-state index contributed by atoms with van der Waals surface area (Å²) in [5, 5.41) is 8.56. The number of carboxylic acids is 1. The van der Waals surface area contributed by atoms with Gasteiger partial charge in [0.05, 0.1) is 18.6 Å². The molecule has 0 aliphatic heterocycles. The quantitative estimate of drug-likeness (QED) is 0.497. The second-order valence-electron chi connectivity index (χ2n) is 3.04. The van der Waals surface area contributed by atoms with Crippen LogP contribution in [0.25, 0.3) is 0 Å². The van der Waals surface area contributed by atoms with Gasteiger partial charge in [-0.15, -0.1) is 0 Å². The number of allylic oxidation sites excluding steroid dienone is 1. The first-order valence-corrected chi connectivity index (χ1v) is 4.91. The van der Waals surface area contributed by atoms with Gasteiger partial charge in [0.25, 0.3) is 0 Å². The predicted molar refractivity (Wildman–Crippen MR) is 57.3 cm³/mol. The smallest absolute Gasteiger partial charge is 0.344 e. The number of aliphatic carboxylic acids is 1. The Labute approximate surface area is 90.2 Å². The van der Waals surface area contributed by atoms with Gasteiger partial charge in [-0.05, 0) is 13.3 Å². The third-order valence-electron chi connectivity index (χ3n) is 1.62. The molecule has 0 aromatic rings. The van der Waals surface area contributed by atoms with Gasteiger partial charge in [-0.1, -0.05) is 19.6 Å². The Morgan fingerprint density at radius 1 is 1.60 bits per heavy atom. The molecule has 0 aliphatic carbocycles. The summed E-state index contributed by atoms with van der Waals surface area (Å²) >= 11 is 0. The highest BCUT2D eigenvalue weighted by atomic mass is 16.5. The minimum atomic E-state index is -0.997. The molecule has 0 rings (SSSR count). The van der Waals surface area contributed by atoms with Crippen LogP contribution >= 0.6 is 0 Å². The van der Waals surface area contributed by atoms with Gasteiger partial charge < -0.3 is 14.6 Å². The van der Waals surface area contributed by atoms with Crippen molar-refractivity contribution in [3.05, 3.63) is 24.7 Å². The summed E-state index contributed by atoms with van der Waals surface area (Å²) in [6.07, 6.45) is 4.07. The van der Waals surface area contributed by atoms with Crippen LogP contribution < -0.4 is 0 Å². The molecule has 0 spiro atoms. The fraction of sp³-hybridized carbons (Fsp3) is 0.545. The van der Waals surface area contributed by atoms with E-state index in [2.05, 4.69) is 6.58 Å². The normalized spacial score (nSPS) is 12.4. The van der Waals surface area contributed by atoms with Gasteiger partial charge in [-0.2, -0.15) is 0 Å². The molecule has 15 heavy (non-hydrogen) atoms. The third kappa shape index (κ3) is 7.61. The molecule has 0 saturated carbocycles. The van der Waals surface area contributed by atoms with Crippen LogP contribution in [-0.2, 0) is 14.3 Å². The fourth-order valence-electron chi connectivity index (χ4n) is 0.764. The molecular weight excluding hydrogens is 196 g/mol. The van der Waals surface area contributed by atoms with Crippen LogP contribution in [0, 0.1) is 0 Å². The molecule has 0 bridgehead atoms. The third-order valence-corrected chi connectivity index (χ3v) is 1.62. The highest BCUT2D eigenvalue weighted by Gasteiger charge is 2.12. The van der Waals surface area contributed by atoms with E-state index in [4.69, 9.17) is 14.6 Å². The van der Waals surface area contributed by atoms with Gasteiger partial charge in [-0.25, -0.2) is 4.79 Å². The maximum Gasteiger partial charge on any atom is 0.344 e. The van der Waals surface area contributed by atoms with Gasteiger partial charge in [0.1, 0.15) is 0 Å². The molecule has 0 fully saturated rings. The van der Waals surface area contributed by atoms with Crippen molar-refractivity contribution < 1.29 is 19.4 Å². The first-order valence-electron chi connectivity index (χ1n) is 4.91. The topological polar surface area (TPSA) is 55.8 Å². The van der Waals surface area contributed by atoms with Crippen LogP contribution in [0.5, 0.6) is 0 Å². The van der Waals surface area contributed by atoms with Crippen LogP contribution in [0.2, 0.25) is 0 Å². The number of hydrogen-bond acceptors (Lipinski definition) is 3. The summed E-state index contributed by atoms with van der Waals surface area (Å²) in [5.41, 5.74) is 0. The lowest BCUT2D eigenvalue weighted by atomic mass is 10.3. The Morgan fingerprint density at radius 2 is 2.27 bits per heavy atom. The first-order chi connectivity index (χ1) is 7.07. The molecule has 0 aromatic carbocycles. The molecule has 0 heterocycles. The van der Waals surface area contributed by atoms with Crippen molar-refractivity contribution in [2.24, 2.45) is 0 Å². The average molecular weight is 214 g/mol. The summed E-state index contributed by atoms with van der Waals surface area (Å²) in [4.78, 5) is 10.4. The molecule has 1 N–H and O–H groups in total. The molecule has 86 valence electrons. The van der Waals surface area contributed by atoms with Crippen molar-refractivity contribution in [1.29, 1.82) is 0 Å². The van der Waals surface area contributed by atoms with Crippen LogP contribution in [-0.4, -0.2) is 23.8 Å². The van der Waals surface area contributed by atoms with Crippen molar-refractivity contribution >= 4 is 5.97 Å². The predicted octanol–water partition coefficient (Wildman–Crippen LogP) is 2.32. The molecule has 4 heteroatoms. The molecule has 1 unspecified atom stereocenters. The van der Waals surface area contributed by atoms with E-state index in [1.54, 1.807) is 6.26 Å². The van der Waals surface area contributed by atoms with Crippen LogP contribution in [0.4, 0.5) is 0 Å². The van der Waals surface area contributed by atoms with E-state index >= 15 is 0 Å². The van der Waals surface area contributed by atoms with Crippen molar-refractivity contribution in [3.8, 4) is 0 Å². The lowest BCUT2D eigenvalue weighted by Gasteiger charge is -2.12. The Bertz CT molecular complexity index is 233. The van der Waals surface area contributed by atoms with Gasteiger partial charge in [-0.3, -0.25) is 0 Å².